The molecule has 1 fully saturated rings. The van der Waals surface area contributed by atoms with Gasteiger partial charge < -0.3 is 15.2 Å². The Bertz CT molecular complexity index is 552. The van der Waals surface area contributed by atoms with Crippen LogP contribution in [0.25, 0.3) is 0 Å². The molecule has 0 spiro atoms. The van der Waals surface area contributed by atoms with Crippen molar-refractivity contribution in [1.82, 2.24) is 0 Å². The van der Waals surface area contributed by atoms with Crippen LogP contribution in [-0.2, 0) is 0 Å². The zero-order valence-electron chi connectivity index (χ0n) is 11.4. The van der Waals surface area contributed by atoms with Crippen molar-refractivity contribution >= 4 is 0 Å². The molecule has 0 saturated heterocycles. The lowest BCUT2D eigenvalue weighted by molar-refractivity contribution is 0.287. The second kappa shape index (κ2) is 5.97. The Labute approximate surface area is 119 Å². The van der Waals surface area contributed by atoms with E-state index in [1.807, 2.05) is 54.6 Å². The summed E-state index contributed by atoms with van der Waals surface area (Å²) in [6, 6.07) is 17.6. The first-order valence-corrected chi connectivity index (χ1v) is 7.01. The average Bonchev–Trinajstić information content (AvgIpc) is 3.30. The summed E-state index contributed by atoms with van der Waals surface area (Å²) in [4.78, 5) is 0. The van der Waals surface area contributed by atoms with Crippen LogP contribution in [-0.4, -0.2) is 12.7 Å². The normalized spacial score (nSPS) is 15.7. The molecule has 3 nitrogen and oxygen atoms in total. The molecule has 1 unspecified atom stereocenters. The molecule has 2 N–H and O–H groups in total. The van der Waals surface area contributed by atoms with Crippen LogP contribution >= 0.6 is 0 Å². The molecule has 1 aliphatic rings. The largest absolute Gasteiger partial charge is 0.492 e. The molecule has 1 aliphatic carbocycles. The van der Waals surface area contributed by atoms with Gasteiger partial charge in [-0.3, -0.25) is 0 Å². The van der Waals surface area contributed by atoms with Crippen LogP contribution in [0.5, 0.6) is 11.5 Å². The van der Waals surface area contributed by atoms with Crippen molar-refractivity contribution in [2.24, 2.45) is 5.73 Å². The van der Waals surface area contributed by atoms with Gasteiger partial charge in [0.05, 0.1) is 12.1 Å². The molecule has 0 heterocycles. The van der Waals surface area contributed by atoms with E-state index in [-0.39, 0.29) is 6.04 Å². The SMILES string of the molecule is NC(COc1ccccc1)c1cccc(OC2CC2)c1. The van der Waals surface area contributed by atoms with E-state index in [9.17, 15) is 0 Å². The summed E-state index contributed by atoms with van der Waals surface area (Å²) in [5.41, 5.74) is 7.22. The van der Waals surface area contributed by atoms with E-state index >= 15 is 0 Å². The minimum atomic E-state index is -0.155. The zero-order chi connectivity index (χ0) is 13.8. The molecule has 1 atom stereocenters. The number of rotatable bonds is 6. The van der Waals surface area contributed by atoms with Crippen LogP contribution in [0.1, 0.15) is 24.4 Å². The Morgan fingerprint density at radius 1 is 1.00 bits per heavy atom. The van der Waals surface area contributed by atoms with Crippen LogP contribution in [0, 0.1) is 0 Å². The van der Waals surface area contributed by atoms with Gasteiger partial charge in [0.25, 0.3) is 0 Å². The Hall–Kier alpha value is -2.00. The van der Waals surface area contributed by atoms with Crippen LogP contribution in [0.3, 0.4) is 0 Å². The van der Waals surface area contributed by atoms with E-state index in [1.165, 1.54) is 0 Å². The van der Waals surface area contributed by atoms with Crippen LogP contribution < -0.4 is 15.2 Å². The number of para-hydroxylation sites is 1. The molecule has 0 aromatic heterocycles. The van der Waals surface area contributed by atoms with E-state index in [0.29, 0.717) is 12.7 Å². The van der Waals surface area contributed by atoms with Crippen molar-refractivity contribution in [3.8, 4) is 11.5 Å². The minimum Gasteiger partial charge on any atom is -0.492 e. The summed E-state index contributed by atoms with van der Waals surface area (Å²) in [7, 11) is 0. The second-order valence-corrected chi connectivity index (χ2v) is 5.12. The van der Waals surface area contributed by atoms with E-state index in [4.69, 9.17) is 15.2 Å². The van der Waals surface area contributed by atoms with Crippen molar-refractivity contribution in [2.45, 2.75) is 25.0 Å². The first-order valence-electron chi connectivity index (χ1n) is 7.01. The molecule has 104 valence electrons. The predicted octanol–water partition coefficient (Wildman–Crippen LogP) is 3.31. The molecule has 0 aliphatic heterocycles. The smallest absolute Gasteiger partial charge is 0.120 e. The maximum atomic E-state index is 6.18. The maximum Gasteiger partial charge on any atom is 0.120 e. The quantitative estimate of drug-likeness (QED) is 0.875. The van der Waals surface area contributed by atoms with Crippen LogP contribution in [0.2, 0.25) is 0 Å². The number of hydrogen-bond donors (Lipinski definition) is 1. The van der Waals surface area contributed by atoms with Crippen molar-refractivity contribution in [3.05, 3.63) is 60.2 Å². The van der Waals surface area contributed by atoms with Gasteiger partial charge >= 0.3 is 0 Å². The molecule has 0 amide bonds. The molecule has 2 aromatic carbocycles. The molecular weight excluding hydrogens is 250 g/mol. The summed E-state index contributed by atoms with van der Waals surface area (Å²) in [5, 5.41) is 0. The van der Waals surface area contributed by atoms with Gasteiger partial charge in [-0.25, -0.2) is 0 Å². The fraction of sp³-hybridized carbons (Fsp3) is 0.294. The summed E-state index contributed by atoms with van der Waals surface area (Å²) >= 11 is 0. The van der Waals surface area contributed by atoms with Gasteiger partial charge in [-0.15, -0.1) is 0 Å². The highest BCUT2D eigenvalue weighted by Crippen LogP contribution is 2.28. The predicted molar refractivity (Wildman–Crippen MR) is 79.0 cm³/mol. The molecule has 3 heteroatoms. The van der Waals surface area contributed by atoms with Crippen molar-refractivity contribution < 1.29 is 9.47 Å². The first kappa shape index (κ1) is 13.0. The number of hydrogen-bond acceptors (Lipinski definition) is 3. The Kier molecular flexibility index (Phi) is 3.88. The van der Waals surface area contributed by atoms with Gasteiger partial charge in [0.1, 0.15) is 18.1 Å². The lowest BCUT2D eigenvalue weighted by Crippen LogP contribution is -2.19. The summed E-state index contributed by atoms with van der Waals surface area (Å²) in [6.07, 6.45) is 2.72. The van der Waals surface area contributed by atoms with Gasteiger partial charge in [-0.05, 0) is 42.7 Å². The molecular formula is C17H19NO2. The van der Waals surface area contributed by atoms with E-state index < -0.39 is 0 Å². The molecule has 20 heavy (non-hydrogen) atoms. The molecule has 0 bridgehead atoms. The van der Waals surface area contributed by atoms with Crippen LogP contribution in [0.15, 0.2) is 54.6 Å². The number of benzene rings is 2. The second-order valence-electron chi connectivity index (χ2n) is 5.12. The van der Waals surface area contributed by atoms with Gasteiger partial charge in [0.2, 0.25) is 0 Å². The fourth-order valence-corrected chi connectivity index (χ4v) is 2.00. The molecule has 0 radical (unpaired) electrons. The Morgan fingerprint density at radius 2 is 1.75 bits per heavy atom. The summed E-state index contributed by atoms with van der Waals surface area (Å²) in [6.45, 7) is 0.455. The van der Waals surface area contributed by atoms with Gasteiger partial charge in [-0.2, -0.15) is 0 Å². The standard InChI is InChI=1S/C17H19NO2/c18-17(12-19-14-6-2-1-3-7-14)13-5-4-8-16(11-13)20-15-9-10-15/h1-8,11,15,17H,9-10,12,18H2. The summed E-state index contributed by atoms with van der Waals surface area (Å²) < 4.78 is 11.5. The highest BCUT2D eigenvalue weighted by molar-refractivity contribution is 5.31. The van der Waals surface area contributed by atoms with E-state index in [0.717, 1.165) is 29.9 Å². The fourth-order valence-electron chi connectivity index (χ4n) is 2.00. The van der Waals surface area contributed by atoms with Gasteiger partial charge in [-0.1, -0.05) is 30.3 Å². The minimum absolute atomic E-state index is 0.155. The topological polar surface area (TPSA) is 44.5 Å². The maximum absolute atomic E-state index is 6.18. The highest BCUT2D eigenvalue weighted by Gasteiger charge is 2.23. The number of ether oxygens (including phenoxy) is 2. The Morgan fingerprint density at radius 3 is 2.50 bits per heavy atom. The molecule has 3 rings (SSSR count). The van der Waals surface area contributed by atoms with Crippen molar-refractivity contribution in [3.63, 3.8) is 0 Å². The first-order chi connectivity index (χ1) is 9.81. The van der Waals surface area contributed by atoms with Crippen LogP contribution in [0.4, 0.5) is 0 Å². The van der Waals surface area contributed by atoms with Crippen molar-refractivity contribution in [1.29, 1.82) is 0 Å². The monoisotopic (exact) mass is 269 g/mol. The lowest BCUT2D eigenvalue weighted by atomic mass is 10.1. The van der Waals surface area contributed by atoms with E-state index in [2.05, 4.69) is 0 Å². The zero-order valence-corrected chi connectivity index (χ0v) is 11.4. The van der Waals surface area contributed by atoms with E-state index in [1.54, 1.807) is 0 Å². The average molecular weight is 269 g/mol. The third kappa shape index (κ3) is 3.52. The van der Waals surface area contributed by atoms with Crippen molar-refractivity contribution in [2.75, 3.05) is 6.61 Å². The van der Waals surface area contributed by atoms with Gasteiger partial charge in [0.15, 0.2) is 0 Å². The Balaban J connectivity index is 1.59. The third-order valence-corrected chi connectivity index (χ3v) is 3.29. The van der Waals surface area contributed by atoms with Gasteiger partial charge in [0, 0.05) is 0 Å². The number of nitrogens with two attached hydrogens (primary N) is 1. The molecule has 2 aromatic rings. The lowest BCUT2D eigenvalue weighted by Gasteiger charge is -2.15. The third-order valence-electron chi connectivity index (χ3n) is 3.29. The summed E-state index contributed by atoms with van der Waals surface area (Å²) in [5.74, 6) is 1.74. The highest BCUT2D eigenvalue weighted by atomic mass is 16.5. The molecule has 1 saturated carbocycles.